The second-order valence-corrected chi connectivity index (χ2v) is 9.09. The highest BCUT2D eigenvalue weighted by Crippen LogP contribution is 2.19. The van der Waals surface area contributed by atoms with Gasteiger partial charge in [0.25, 0.3) is 0 Å². The topological polar surface area (TPSA) is 70.2 Å². The Hall–Kier alpha value is -1.43. The monoisotopic (exact) mass is 570 g/mol. The number of benzene rings is 1. The minimum Gasteiger partial charge on any atom is -0.378 e. The molecule has 4 rings (SSSR count). The van der Waals surface area contributed by atoms with Gasteiger partial charge in [-0.15, -0.1) is 35.3 Å². The van der Waals surface area contributed by atoms with E-state index in [1.807, 2.05) is 11.6 Å². The molecule has 2 aliphatic heterocycles. The van der Waals surface area contributed by atoms with E-state index in [1.165, 1.54) is 5.56 Å². The number of nitrogens with two attached hydrogens (primary N) is 1. The van der Waals surface area contributed by atoms with Crippen LogP contribution in [0.15, 0.2) is 46.9 Å². The molecule has 176 valence electrons. The van der Waals surface area contributed by atoms with Gasteiger partial charge in [0.2, 0.25) is 0 Å². The van der Waals surface area contributed by atoms with E-state index in [0.29, 0.717) is 12.1 Å². The lowest BCUT2D eigenvalue weighted by Crippen LogP contribution is -2.51. The lowest BCUT2D eigenvalue weighted by atomic mass is 10.1. The Morgan fingerprint density at radius 2 is 1.84 bits per heavy atom. The van der Waals surface area contributed by atoms with Gasteiger partial charge in [0, 0.05) is 70.5 Å². The van der Waals surface area contributed by atoms with Crippen LogP contribution in [0.25, 0.3) is 0 Å². The first-order valence-corrected chi connectivity index (χ1v) is 12.2. The van der Waals surface area contributed by atoms with Crippen molar-refractivity contribution in [1.82, 2.24) is 14.8 Å². The van der Waals surface area contributed by atoms with Crippen molar-refractivity contribution < 1.29 is 4.74 Å². The molecule has 2 saturated heterocycles. The number of hydrogen-bond donors (Lipinski definition) is 1. The van der Waals surface area contributed by atoms with Gasteiger partial charge in [-0.1, -0.05) is 30.3 Å². The molecule has 32 heavy (non-hydrogen) atoms. The van der Waals surface area contributed by atoms with Gasteiger partial charge in [0.1, 0.15) is 0 Å². The van der Waals surface area contributed by atoms with Gasteiger partial charge in [-0.25, -0.2) is 4.98 Å². The number of piperazine rings is 1. The predicted octanol–water partition coefficient (Wildman–Crippen LogP) is 3.27. The highest BCUT2D eigenvalue weighted by atomic mass is 127. The maximum Gasteiger partial charge on any atom is 0.191 e. The third kappa shape index (κ3) is 7.57. The van der Waals surface area contributed by atoms with E-state index in [2.05, 4.69) is 55.0 Å². The summed E-state index contributed by atoms with van der Waals surface area (Å²) in [6.45, 7) is 8.42. The molecule has 1 aromatic carbocycles. The zero-order valence-electron chi connectivity index (χ0n) is 18.6. The van der Waals surface area contributed by atoms with Crippen LogP contribution in [0.3, 0.4) is 0 Å². The van der Waals surface area contributed by atoms with E-state index in [0.717, 1.165) is 83.4 Å². The van der Waals surface area contributed by atoms with Gasteiger partial charge in [-0.2, -0.15) is 0 Å². The Bertz CT molecular complexity index is 790. The van der Waals surface area contributed by atoms with Crippen molar-refractivity contribution >= 4 is 46.4 Å². The Labute approximate surface area is 212 Å². The summed E-state index contributed by atoms with van der Waals surface area (Å²) in [5.74, 6) is 0.660. The molecule has 9 heteroatoms. The molecule has 2 fully saturated rings. The number of ether oxygens (including phenoxy) is 1. The quantitative estimate of drug-likeness (QED) is 0.228. The van der Waals surface area contributed by atoms with E-state index in [1.54, 1.807) is 11.3 Å². The number of guanidine groups is 1. The predicted molar refractivity (Wildman–Crippen MR) is 143 cm³/mol. The van der Waals surface area contributed by atoms with Crippen molar-refractivity contribution in [2.24, 2.45) is 10.7 Å². The van der Waals surface area contributed by atoms with E-state index in [4.69, 9.17) is 10.5 Å². The second kappa shape index (κ2) is 13.3. The number of aliphatic imine (C=N–C) groups is 1. The van der Waals surface area contributed by atoms with Crippen molar-refractivity contribution in [3.8, 4) is 0 Å². The summed E-state index contributed by atoms with van der Waals surface area (Å²) in [6.07, 6.45) is 5.39. The van der Waals surface area contributed by atoms with Crippen molar-refractivity contribution in [3.63, 3.8) is 0 Å². The fourth-order valence-electron chi connectivity index (χ4n) is 4.18. The minimum atomic E-state index is 0. The zero-order valence-corrected chi connectivity index (χ0v) is 21.8. The molecule has 0 saturated carbocycles. The van der Waals surface area contributed by atoms with E-state index in [-0.39, 0.29) is 24.0 Å². The van der Waals surface area contributed by atoms with Gasteiger partial charge in [-0.05, 0) is 24.8 Å². The second-order valence-electron chi connectivity index (χ2n) is 8.21. The van der Waals surface area contributed by atoms with Crippen LogP contribution in [0.4, 0.5) is 5.13 Å². The van der Waals surface area contributed by atoms with Crippen LogP contribution in [-0.4, -0.2) is 79.3 Å². The minimum absolute atomic E-state index is 0. The number of rotatable bonds is 8. The van der Waals surface area contributed by atoms with Crippen LogP contribution in [0.1, 0.15) is 24.8 Å². The summed E-state index contributed by atoms with van der Waals surface area (Å²) in [6, 6.07) is 10.7. The van der Waals surface area contributed by atoms with Gasteiger partial charge in [-0.3, -0.25) is 9.89 Å². The Morgan fingerprint density at radius 1 is 1.09 bits per heavy atom. The third-order valence-corrected chi connectivity index (χ3v) is 6.84. The maximum atomic E-state index is 6.21. The van der Waals surface area contributed by atoms with E-state index in [9.17, 15) is 0 Å². The first-order chi connectivity index (χ1) is 15.3. The number of anilines is 1. The molecule has 0 unspecified atom stereocenters. The van der Waals surface area contributed by atoms with Crippen molar-refractivity contribution in [1.29, 1.82) is 0 Å². The molecular formula is C23H35IN6OS. The molecule has 2 aliphatic rings. The largest absolute Gasteiger partial charge is 0.378 e. The summed E-state index contributed by atoms with van der Waals surface area (Å²) in [7, 11) is 0. The van der Waals surface area contributed by atoms with Crippen molar-refractivity contribution in [2.45, 2.75) is 31.9 Å². The van der Waals surface area contributed by atoms with Crippen LogP contribution >= 0.6 is 35.3 Å². The Balaban J connectivity index is 0.00000289. The standard InChI is InChI=1S/C23H34N6OS.HI/c24-22(28-13-15-29(16-14-28)23-26-10-18-31-23)25-9-4-17-30-21-7-11-27(12-8-21)19-20-5-2-1-3-6-20;/h1-3,5-6,10,18,21H,4,7-9,11-17,19H2,(H2,24,25);1H. The van der Waals surface area contributed by atoms with Crippen LogP contribution in [0, 0.1) is 0 Å². The molecule has 0 aliphatic carbocycles. The molecule has 0 radical (unpaired) electrons. The molecular weight excluding hydrogens is 535 g/mol. The molecule has 1 aromatic heterocycles. The highest BCUT2D eigenvalue weighted by molar-refractivity contribution is 14.0. The highest BCUT2D eigenvalue weighted by Gasteiger charge is 2.21. The molecule has 0 atom stereocenters. The fourth-order valence-corrected chi connectivity index (χ4v) is 4.88. The normalized spacial score (nSPS) is 18.6. The molecule has 0 bridgehead atoms. The summed E-state index contributed by atoms with van der Waals surface area (Å²) >= 11 is 1.69. The summed E-state index contributed by atoms with van der Waals surface area (Å²) in [5, 5.41) is 3.12. The Morgan fingerprint density at radius 3 is 2.53 bits per heavy atom. The van der Waals surface area contributed by atoms with Crippen molar-refractivity contribution in [2.75, 3.05) is 57.3 Å². The maximum absolute atomic E-state index is 6.21. The number of piperidine rings is 1. The van der Waals surface area contributed by atoms with Gasteiger partial charge >= 0.3 is 0 Å². The first-order valence-electron chi connectivity index (χ1n) is 11.3. The summed E-state index contributed by atoms with van der Waals surface area (Å²) < 4.78 is 6.10. The van der Waals surface area contributed by atoms with Gasteiger partial charge in [0.05, 0.1) is 6.10 Å². The molecule has 7 nitrogen and oxygen atoms in total. The summed E-state index contributed by atoms with van der Waals surface area (Å²) in [5.41, 5.74) is 7.60. The third-order valence-electron chi connectivity index (χ3n) is 6.01. The fraction of sp³-hybridized carbons (Fsp3) is 0.565. The lowest BCUT2D eigenvalue weighted by molar-refractivity contribution is 0.00565. The molecule has 0 spiro atoms. The summed E-state index contributed by atoms with van der Waals surface area (Å²) in [4.78, 5) is 16.0. The van der Waals surface area contributed by atoms with Gasteiger partial charge in [0.15, 0.2) is 11.1 Å². The van der Waals surface area contributed by atoms with Crippen LogP contribution in [0.2, 0.25) is 0 Å². The number of thiazole rings is 1. The van der Waals surface area contributed by atoms with E-state index >= 15 is 0 Å². The van der Waals surface area contributed by atoms with Gasteiger partial charge < -0.3 is 20.3 Å². The number of nitrogens with zero attached hydrogens (tertiary/aromatic N) is 5. The number of halogens is 1. The smallest absolute Gasteiger partial charge is 0.191 e. The average Bonchev–Trinajstić information content (AvgIpc) is 3.36. The number of aromatic nitrogens is 1. The van der Waals surface area contributed by atoms with E-state index < -0.39 is 0 Å². The number of hydrogen-bond acceptors (Lipinski definition) is 6. The molecule has 2 N–H and O–H groups in total. The van der Waals surface area contributed by atoms with Crippen LogP contribution in [0.5, 0.6) is 0 Å². The van der Waals surface area contributed by atoms with Crippen LogP contribution < -0.4 is 10.6 Å². The number of likely N-dealkylation sites (tertiary alicyclic amines) is 1. The molecule has 3 heterocycles. The van der Waals surface area contributed by atoms with Crippen molar-refractivity contribution in [3.05, 3.63) is 47.5 Å². The molecule has 2 aromatic rings. The first kappa shape index (κ1) is 25.2. The zero-order chi connectivity index (χ0) is 21.3. The Kier molecular flexibility index (Phi) is 10.5. The molecule has 0 amide bonds. The SMILES string of the molecule is I.NC(=NCCCOC1CCN(Cc2ccccc2)CC1)N1CCN(c2nccs2)CC1. The average molecular weight is 571 g/mol. The lowest BCUT2D eigenvalue weighted by Gasteiger charge is -2.35. The van der Waals surface area contributed by atoms with Crippen LogP contribution in [-0.2, 0) is 11.3 Å².